The predicted molar refractivity (Wildman–Crippen MR) is 81.7 cm³/mol. The molecular formula is C15H17N5O. The highest BCUT2D eigenvalue weighted by Crippen LogP contribution is 2.27. The molecule has 2 heterocycles. The van der Waals surface area contributed by atoms with Crippen molar-refractivity contribution in [2.75, 3.05) is 12.8 Å². The fourth-order valence-electron chi connectivity index (χ4n) is 2.32. The molecule has 0 saturated carbocycles. The number of hydrogen-bond acceptors (Lipinski definition) is 5. The van der Waals surface area contributed by atoms with E-state index in [1.807, 2.05) is 16.7 Å². The standard InChI is InChI=1S/C15H17N5O/c1-9(2)10-5-4-6-11(7-10)20-13-12(19-15(20)16)14(21-3)18-8-17-13/h4-9H,1-3H3,(H2,16,19). The number of nitrogens with two attached hydrogens (primary N) is 1. The first-order valence-electron chi connectivity index (χ1n) is 6.75. The number of imidazole rings is 1. The number of benzene rings is 1. The smallest absolute Gasteiger partial charge is 0.245 e. The second-order valence-electron chi connectivity index (χ2n) is 5.11. The minimum atomic E-state index is 0.365. The normalized spacial score (nSPS) is 11.2. The Morgan fingerprint density at radius 1 is 1.24 bits per heavy atom. The van der Waals surface area contributed by atoms with E-state index in [1.165, 1.54) is 11.9 Å². The SMILES string of the molecule is COc1ncnc2c1nc(N)n2-c1cccc(C(C)C)c1. The van der Waals surface area contributed by atoms with E-state index in [0.717, 1.165) is 5.69 Å². The second-order valence-corrected chi connectivity index (χ2v) is 5.11. The number of anilines is 1. The summed E-state index contributed by atoms with van der Waals surface area (Å²) in [5.41, 5.74) is 9.43. The van der Waals surface area contributed by atoms with Gasteiger partial charge in [-0.1, -0.05) is 26.0 Å². The van der Waals surface area contributed by atoms with Crippen molar-refractivity contribution >= 4 is 17.1 Å². The summed E-state index contributed by atoms with van der Waals surface area (Å²) >= 11 is 0. The van der Waals surface area contributed by atoms with Gasteiger partial charge in [-0.3, -0.25) is 4.57 Å². The number of nitrogens with zero attached hydrogens (tertiary/aromatic N) is 4. The lowest BCUT2D eigenvalue weighted by Gasteiger charge is -2.10. The monoisotopic (exact) mass is 283 g/mol. The van der Waals surface area contributed by atoms with Crippen LogP contribution in [0.25, 0.3) is 16.9 Å². The molecule has 0 atom stereocenters. The van der Waals surface area contributed by atoms with Gasteiger partial charge in [0.05, 0.1) is 12.8 Å². The van der Waals surface area contributed by atoms with Crippen molar-refractivity contribution in [2.45, 2.75) is 19.8 Å². The summed E-state index contributed by atoms with van der Waals surface area (Å²) in [4.78, 5) is 12.7. The molecule has 21 heavy (non-hydrogen) atoms. The summed E-state index contributed by atoms with van der Waals surface area (Å²) in [5, 5.41) is 0. The Balaban J connectivity index is 2.25. The van der Waals surface area contributed by atoms with Crippen molar-refractivity contribution in [1.82, 2.24) is 19.5 Å². The van der Waals surface area contributed by atoms with Gasteiger partial charge in [0.2, 0.25) is 11.8 Å². The molecule has 6 heteroatoms. The van der Waals surface area contributed by atoms with E-state index < -0.39 is 0 Å². The first kappa shape index (κ1) is 13.4. The second kappa shape index (κ2) is 5.05. The summed E-state index contributed by atoms with van der Waals surface area (Å²) in [6, 6.07) is 8.18. The third kappa shape index (κ3) is 2.18. The maximum Gasteiger partial charge on any atom is 0.245 e. The fourth-order valence-corrected chi connectivity index (χ4v) is 2.32. The zero-order chi connectivity index (χ0) is 15.0. The van der Waals surface area contributed by atoms with Gasteiger partial charge >= 0.3 is 0 Å². The summed E-state index contributed by atoms with van der Waals surface area (Å²) in [7, 11) is 1.55. The molecule has 2 aromatic heterocycles. The number of ether oxygens (including phenoxy) is 1. The molecule has 0 fully saturated rings. The quantitative estimate of drug-likeness (QED) is 0.799. The van der Waals surface area contributed by atoms with Gasteiger partial charge in [-0.05, 0) is 23.6 Å². The molecule has 1 aromatic carbocycles. The predicted octanol–water partition coefficient (Wildman–Crippen LogP) is 2.53. The molecular weight excluding hydrogens is 266 g/mol. The number of hydrogen-bond donors (Lipinski definition) is 1. The Bertz CT molecular complexity index is 794. The van der Waals surface area contributed by atoms with E-state index in [9.17, 15) is 0 Å². The van der Waals surface area contributed by atoms with E-state index in [2.05, 4.69) is 40.9 Å². The van der Waals surface area contributed by atoms with Crippen LogP contribution in [0, 0.1) is 0 Å². The van der Waals surface area contributed by atoms with Crippen LogP contribution in [0.4, 0.5) is 5.95 Å². The third-order valence-electron chi connectivity index (χ3n) is 3.43. The molecule has 0 aliphatic rings. The lowest BCUT2D eigenvalue weighted by molar-refractivity contribution is 0.401. The summed E-state index contributed by atoms with van der Waals surface area (Å²) in [6.45, 7) is 4.30. The van der Waals surface area contributed by atoms with Gasteiger partial charge in [-0.25, -0.2) is 9.97 Å². The van der Waals surface area contributed by atoms with Crippen molar-refractivity contribution in [3.63, 3.8) is 0 Å². The average molecular weight is 283 g/mol. The maximum absolute atomic E-state index is 6.06. The average Bonchev–Trinajstić information content (AvgIpc) is 2.83. The zero-order valence-corrected chi connectivity index (χ0v) is 12.2. The van der Waals surface area contributed by atoms with Crippen molar-refractivity contribution in [2.24, 2.45) is 0 Å². The van der Waals surface area contributed by atoms with E-state index >= 15 is 0 Å². The van der Waals surface area contributed by atoms with Gasteiger partial charge in [0.1, 0.15) is 6.33 Å². The molecule has 6 nitrogen and oxygen atoms in total. The van der Waals surface area contributed by atoms with Crippen LogP contribution >= 0.6 is 0 Å². The maximum atomic E-state index is 6.06. The van der Waals surface area contributed by atoms with Crippen molar-refractivity contribution < 1.29 is 4.74 Å². The van der Waals surface area contributed by atoms with Crippen molar-refractivity contribution in [1.29, 1.82) is 0 Å². The highest BCUT2D eigenvalue weighted by molar-refractivity contribution is 5.81. The summed E-state index contributed by atoms with van der Waals surface area (Å²) in [5.74, 6) is 1.22. The Hall–Kier alpha value is -2.63. The zero-order valence-electron chi connectivity index (χ0n) is 12.2. The van der Waals surface area contributed by atoms with Crippen molar-refractivity contribution in [3.05, 3.63) is 36.2 Å². The number of fused-ring (bicyclic) bond motifs is 1. The van der Waals surface area contributed by atoms with Crippen LogP contribution in [0.1, 0.15) is 25.3 Å². The van der Waals surface area contributed by atoms with E-state index in [0.29, 0.717) is 28.9 Å². The number of nitrogen functional groups attached to an aromatic ring is 1. The molecule has 0 radical (unpaired) electrons. The van der Waals surface area contributed by atoms with Crippen LogP contribution in [0.5, 0.6) is 5.88 Å². The van der Waals surface area contributed by atoms with Gasteiger partial charge in [-0.15, -0.1) is 0 Å². The van der Waals surface area contributed by atoms with Crippen LogP contribution < -0.4 is 10.5 Å². The van der Waals surface area contributed by atoms with Gasteiger partial charge in [-0.2, -0.15) is 4.98 Å². The van der Waals surface area contributed by atoms with Gasteiger partial charge in [0.15, 0.2) is 11.2 Å². The van der Waals surface area contributed by atoms with Crippen LogP contribution in [0.2, 0.25) is 0 Å². The molecule has 3 rings (SSSR count). The highest BCUT2D eigenvalue weighted by Gasteiger charge is 2.16. The van der Waals surface area contributed by atoms with Crippen LogP contribution in [-0.2, 0) is 0 Å². The lowest BCUT2D eigenvalue weighted by Crippen LogP contribution is -2.02. The molecule has 108 valence electrons. The molecule has 0 unspecified atom stereocenters. The topological polar surface area (TPSA) is 78.8 Å². The summed E-state index contributed by atoms with van der Waals surface area (Å²) in [6.07, 6.45) is 1.45. The van der Waals surface area contributed by atoms with Gasteiger partial charge in [0.25, 0.3) is 0 Å². The largest absolute Gasteiger partial charge is 0.479 e. The number of aromatic nitrogens is 4. The number of rotatable bonds is 3. The number of methoxy groups -OCH3 is 1. The van der Waals surface area contributed by atoms with E-state index in [4.69, 9.17) is 10.5 Å². The Morgan fingerprint density at radius 3 is 2.76 bits per heavy atom. The molecule has 2 N–H and O–H groups in total. The third-order valence-corrected chi connectivity index (χ3v) is 3.43. The van der Waals surface area contributed by atoms with Crippen LogP contribution in [0.3, 0.4) is 0 Å². The Kier molecular flexibility index (Phi) is 3.21. The first-order chi connectivity index (χ1) is 10.1. The molecule has 0 aliphatic heterocycles. The van der Waals surface area contributed by atoms with Crippen molar-refractivity contribution in [3.8, 4) is 11.6 Å². The molecule has 0 spiro atoms. The molecule has 0 saturated heterocycles. The van der Waals surface area contributed by atoms with Crippen LogP contribution in [-0.4, -0.2) is 26.6 Å². The Labute approximate surface area is 122 Å². The molecule has 0 bridgehead atoms. The molecule has 3 aromatic rings. The minimum absolute atomic E-state index is 0.365. The van der Waals surface area contributed by atoms with Gasteiger partial charge < -0.3 is 10.5 Å². The van der Waals surface area contributed by atoms with E-state index in [-0.39, 0.29) is 0 Å². The molecule has 0 aliphatic carbocycles. The lowest BCUT2D eigenvalue weighted by atomic mass is 10.0. The van der Waals surface area contributed by atoms with E-state index in [1.54, 1.807) is 7.11 Å². The fraction of sp³-hybridized carbons (Fsp3) is 0.267. The Morgan fingerprint density at radius 2 is 2.05 bits per heavy atom. The van der Waals surface area contributed by atoms with Gasteiger partial charge in [0, 0.05) is 0 Å². The summed E-state index contributed by atoms with van der Waals surface area (Å²) < 4.78 is 7.02. The first-order valence-corrected chi connectivity index (χ1v) is 6.75. The molecule has 0 amide bonds. The van der Waals surface area contributed by atoms with Crippen LogP contribution in [0.15, 0.2) is 30.6 Å². The minimum Gasteiger partial charge on any atom is -0.479 e. The highest BCUT2D eigenvalue weighted by atomic mass is 16.5.